The second kappa shape index (κ2) is 3.96. The van der Waals surface area contributed by atoms with E-state index in [9.17, 15) is 0 Å². The average Bonchev–Trinajstić information content (AvgIpc) is 2.83. The van der Waals surface area contributed by atoms with Crippen molar-refractivity contribution >= 4 is 38.3 Å². The number of halogens is 1. The molecule has 0 bridgehead atoms. The third kappa shape index (κ3) is 1.81. The van der Waals surface area contributed by atoms with E-state index in [4.69, 9.17) is 4.98 Å². The van der Waals surface area contributed by atoms with E-state index < -0.39 is 0 Å². The van der Waals surface area contributed by atoms with E-state index in [2.05, 4.69) is 58.3 Å². The largest absolute Gasteiger partial charge is 0.337 e. The Bertz CT molecular complexity index is 697. The first-order valence-corrected chi connectivity index (χ1v) is 7.03. The first-order chi connectivity index (χ1) is 8.15. The molecule has 2 nitrogen and oxygen atoms in total. The number of nitrogens with one attached hydrogen (secondary N) is 1. The molecule has 86 valence electrons. The van der Waals surface area contributed by atoms with Crippen molar-refractivity contribution in [2.24, 2.45) is 0 Å². The van der Waals surface area contributed by atoms with Gasteiger partial charge in [0.1, 0.15) is 5.82 Å². The Labute approximate surface area is 112 Å². The summed E-state index contributed by atoms with van der Waals surface area (Å²) in [7, 11) is 0. The molecule has 0 aliphatic carbocycles. The van der Waals surface area contributed by atoms with E-state index in [0.29, 0.717) is 0 Å². The van der Waals surface area contributed by atoms with Gasteiger partial charge in [0.05, 0.1) is 15.9 Å². The van der Waals surface area contributed by atoms with Crippen molar-refractivity contribution in [1.82, 2.24) is 9.97 Å². The Balaban J connectivity index is 2.27. The standard InChI is InChI=1S/C13H11BrN2S/c1-7-3-4-17-12(7)13-15-10-6-9(14)5-8(2)11(10)16-13/h3-6H,1-2H3,(H,15,16). The number of rotatable bonds is 1. The quantitative estimate of drug-likeness (QED) is 0.695. The van der Waals surface area contributed by atoms with Crippen LogP contribution in [0.15, 0.2) is 28.1 Å². The van der Waals surface area contributed by atoms with Crippen molar-refractivity contribution in [1.29, 1.82) is 0 Å². The van der Waals surface area contributed by atoms with Crippen LogP contribution in [-0.4, -0.2) is 9.97 Å². The molecule has 0 saturated heterocycles. The summed E-state index contributed by atoms with van der Waals surface area (Å²) < 4.78 is 1.08. The maximum Gasteiger partial charge on any atom is 0.148 e. The number of imidazole rings is 1. The lowest BCUT2D eigenvalue weighted by atomic mass is 10.2. The molecule has 2 aromatic heterocycles. The predicted octanol–water partition coefficient (Wildman–Crippen LogP) is 4.67. The smallest absolute Gasteiger partial charge is 0.148 e. The molecule has 0 spiro atoms. The van der Waals surface area contributed by atoms with Crippen LogP contribution in [0, 0.1) is 13.8 Å². The van der Waals surface area contributed by atoms with Gasteiger partial charge in [-0.15, -0.1) is 11.3 Å². The Kier molecular flexibility index (Phi) is 2.56. The second-order valence-electron chi connectivity index (χ2n) is 4.14. The van der Waals surface area contributed by atoms with E-state index in [1.165, 1.54) is 16.0 Å². The van der Waals surface area contributed by atoms with Crippen LogP contribution in [0.5, 0.6) is 0 Å². The van der Waals surface area contributed by atoms with Crippen molar-refractivity contribution in [2.75, 3.05) is 0 Å². The molecule has 4 heteroatoms. The highest BCUT2D eigenvalue weighted by Crippen LogP contribution is 2.30. The van der Waals surface area contributed by atoms with Gasteiger partial charge in [0.2, 0.25) is 0 Å². The number of benzene rings is 1. The van der Waals surface area contributed by atoms with Gasteiger partial charge in [0, 0.05) is 4.47 Å². The number of nitrogens with zero attached hydrogens (tertiary/aromatic N) is 1. The second-order valence-corrected chi connectivity index (χ2v) is 5.97. The molecular weight excluding hydrogens is 296 g/mol. The van der Waals surface area contributed by atoms with Crippen molar-refractivity contribution in [2.45, 2.75) is 13.8 Å². The average molecular weight is 307 g/mol. The molecule has 1 N–H and O–H groups in total. The lowest BCUT2D eigenvalue weighted by Crippen LogP contribution is -1.78. The number of aromatic nitrogens is 2. The van der Waals surface area contributed by atoms with Gasteiger partial charge in [-0.25, -0.2) is 4.98 Å². The summed E-state index contributed by atoms with van der Waals surface area (Å²) in [5.41, 5.74) is 4.59. The molecule has 0 unspecified atom stereocenters. The van der Waals surface area contributed by atoms with Gasteiger partial charge in [-0.2, -0.15) is 0 Å². The number of hydrogen-bond acceptors (Lipinski definition) is 2. The molecule has 3 rings (SSSR count). The normalized spacial score (nSPS) is 11.2. The molecule has 2 heterocycles. The third-order valence-corrected chi connectivity index (χ3v) is 4.30. The van der Waals surface area contributed by atoms with E-state index in [-0.39, 0.29) is 0 Å². The monoisotopic (exact) mass is 306 g/mol. The lowest BCUT2D eigenvalue weighted by Gasteiger charge is -1.94. The van der Waals surface area contributed by atoms with Crippen LogP contribution in [0.1, 0.15) is 11.1 Å². The first-order valence-electron chi connectivity index (χ1n) is 5.35. The summed E-state index contributed by atoms with van der Waals surface area (Å²) in [6, 6.07) is 6.28. The first kappa shape index (κ1) is 11.0. The molecule has 0 radical (unpaired) electrons. The summed E-state index contributed by atoms with van der Waals surface area (Å²) in [6.07, 6.45) is 0. The van der Waals surface area contributed by atoms with Crippen LogP contribution < -0.4 is 0 Å². The SMILES string of the molecule is Cc1ccsc1-c1nc2c(C)cc(Br)cc2[nH]1. The van der Waals surface area contributed by atoms with Gasteiger partial charge in [0.15, 0.2) is 0 Å². The third-order valence-electron chi connectivity index (χ3n) is 2.82. The Morgan fingerprint density at radius 1 is 1.24 bits per heavy atom. The van der Waals surface area contributed by atoms with E-state index in [0.717, 1.165) is 21.3 Å². The van der Waals surface area contributed by atoms with Crippen LogP contribution in [0.25, 0.3) is 21.7 Å². The van der Waals surface area contributed by atoms with Crippen molar-refractivity contribution in [3.05, 3.63) is 39.2 Å². The highest BCUT2D eigenvalue weighted by atomic mass is 79.9. The highest BCUT2D eigenvalue weighted by molar-refractivity contribution is 9.10. The fourth-order valence-electron chi connectivity index (χ4n) is 1.97. The summed E-state index contributed by atoms with van der Waals surface area (Å²) >= 11 is 5.23. The predicted molar refractivity (Wildman–Crippen MR) is 76.6 cm³/mol. The minimum absolute atomic E-state index is 0.966. The molecule has 0 fully saturated rings. The summed E-state index contributed by atoms with van der Waals surface area (Å²) in [4.78, 5) is 9.30. The summed E-state index contributed by atoms with van der Waals surface area (Å²) in [6.45, 7) is 4.20. The topological polar surface area (TPSA) is 28.7 Å². The molecule has 0 amide bonds. The Morgan fingerprint density at radius 3 is 2.76 bits per heavy atom. The number of aromatic amines is 1. The molecule has 1 aromatic carbocycles. The van der Waals surface area contributed by atoms with E-state index >= 15 is 0 Å². The molecule has 17 heavy (non-hydrogen) atoms. The fourth-order valence-corrected chi connectivity index (χ4v) is 3.41. The minimum Gasteiger partial charge on any atom is -0.337 e. The van der Waals surface area contributed by atoms with Crippen LogP contribution in [0.3, 0.4) is 0 Å². The highest BCUT2D eigenvalue weighted by Gasteiger charge is 2.10. The zero-order valence-corrected chi connectivity index (χ0v) is 11.9. The van der Waals surface area contributed by atoms with Gasteiger partial charge in [-0.05, 0) is 48.6 Å². The van der Waals surface area contributed by atoms with E-state index in [1.54, 1.807) is 11.3 Å². The number of aryl methyl sites for hydroxylation is 2. The van der Waals surface area contributed by atoms with Gasteiger partial charge in [-0.1, -0.05) is 15.9 Å². The number of H-pyrrole nitrogens is 1. The Hall–Kier alpha value is -1.13. The molecule has 0 aliphatic heterocycles. The molecule has 0 atom stereocenters. The van der Waals surface area contributed by atoms with Crippen LogP contribution in [0.4, 0.5) is 0 Å². The molecular formula is C13H11BrN2S. The van der Waals surface area contributed by atoms with E-state index in [1.807, 2.05) is 0 Å². The van der Waals surface area contributed by atoms with Crippen LogP contribution >= 0.6 is 27.3 Å². The lowest BCUT2D eigenvalue weighted by molar-refractivity contribution is 1.33. The maximum atomic E-state index is 4.69. The number of thiophene rings is 1. The zero-order chi connectivity index (χ0) is 12.0. The molecule has 0 saturated carbocycles. The fraction of sp³-hybridized carbons (Fsp3) is 0.154. The molecule has 0 aliphatic rings. The zero-order valence-electron chi connectivity index (χ0n) is 9.54. The Morgan fingerprint density at radius 2 is 2.06 bits per heavy atom. The van der Waals surface area contributed by atoms with Crippen molar-refractivity contribution in [3.63, 3.8) is 0 Å². The van der Waals surface area contributed by atoms with Crippen molar-refractivity contribution in [3.8, 4) is 10.7 Å². The van der Waals surface area contributed by atoms with Crippen LogP contribution in [0.2, 0.25) is 0 Å². The minimum atomic E-state index is 0.966. The van der Waals surface area contributed by atoms with Crippen molar-refractivity contribution < 1.29 is 0 Å². The van der Waals surface area contributed by atoms with Gasteiger partial charge in [-0.3, -0.25) is 0 Å². The van der Waals surface area contributed by atoms with Gasteiger partial charge < -0.3 is 4.98 Å². The van der Waals surface area contributed by atoms with Gasteiger partial charge in [0.25, 0.3) is 0 Å². The van der Waals surface area contributed by atoms with Crippen LogP contribution in [-0.2, 0) is 0 Å². The van der Waals surface area contributed by atoms with Gasteiger partial charge >= 0.3 is 0 Å². The number of fused-ring (bicyclic) bond motifs is 1. The number of hydrogen-bond donors (Lipinski definition) is 1. The maximum absolute atomic E-state index is 4.69. The molecule has 3 aromatic rings. The summed E-state index contributed by atoms with van der Waals surface area (Å²) in [5.74, 6) is 0.966. The summed E-state index contributed by atoms with van der Waals surface area (Å²) in [5, 5.41) is 2.10.